The number of rotatable bonds is 34. The minimum absolute atomic E-state index is 0.158. The van der Waals surface area contributed by atoms with Crippen LogP contribution in [0.15, 0.2) is 97.2 Å². The molecule has 9 nitrogen and oxygen atoms in total. The van der Waals surface area contributed by atoms with Crippen molar-refractivity contribution in [2.75, 3.05) is 13.2 Å². The molecule has 0 rings (SSSR count). The molecule has 0 bridgehead atoms. The van der Waals surface area contributed by atoms with Crippen molar-refractivity contribution in [1.29, 1.82) is 0 Å². The van der Waals surface area contributed by atoms with Crippen LogP contribution in [0.2, 0.25) is 0 Å². The Balaban J connectivity index is 4.15. The SMILES string of the molecule is CC/C=C\C/C=C\C/C=C\C/C=C\CCCCCCC(=O)O[C@H](COC(=O)CCC/C=C\C/C=C\C/C=C\C/C=C\[C@@H](O)CCCC)COP(=O)(O)O. The minimum atomic E-state index is -4.79. The van der Waals surface area contributed by atoms with E-state index in [1.807, 2.05) is 24.3 Å². The molecular weight excluding hydrogens is 691 g/mol. The van der Waals surface area contributed by atoms with Crippen LogP contribution in [0.4, 0.5) is 0 Å². The molecule has 0 amide bonds. The number of hydrogen-bond donors (Lipinski definition) is 3. The maximum atomic E-state index is 12.4. The van der Waals surface area contributed by atoms with E-state index in [1.54, 1.807) is 0 Å². The number of phosphoric acid groups is 1. The van der Waals surface area contributed by atoms with Crippen molar-refractivity contribution in [1.82, 2.24) is 0 Å². The predicted octanol–water partition coefficient (Wildman–Crippen LogP) is 10.8. The number of phosphoric ester groups is 1. The second-order valence-corrected chi connectivity index (χ2v) is 13.9. The summed E-state index contributed by atoms with van der Waals surface area (Å²) < 4.78 is 26.2. The lowest BCUT2D eigenvalue weighted by Crippen LogP contribution is -2.29. The van der Waals surface area contributed by atoms with Crippen LogP contribution in [0.25, 0.3) is 0 Å². The average Bonchev–Trinajstić information content (AvgIpc) is 3.12. The number of hydrogen-bond acceptors (Lipinski definition) is 7. The number of allylic oxidation sites excluding steroid dienone is 15. The van der Waals surface area contributed by atoms with Crippen molar-refractivity contribution in [3.63, 3.8) is 0 Å². The van der Waals surface area contributed by atoms with Crippen molar-refractivity contribution >= 4 is 19.8 Å². The summed E-state index contributed by atoms with van der Waals surface area (Å²) in [6.45, 7) is 3.32. The lowest BCUT2D eigenvalue weighted by Gasteiger charge is -2.18. The summed E-state index contributed by atoms with van der Waals surface area (Å²) in [5.74, 6) is -1.01. The first kappa shape index (κ1) is 49.9. The monoisotopic (exact) mass is 760 g/mol. The normalized spacial score (nSPS) is 14.1. The Labute approximate surface area is 320 Å². The molecule has 0 fully saturated rings. The van der Waals surface area contributed by atoms with E-state index in [-0.39, 0.29) is 25.6 Å². The predicted molar refractivity (Wildman–Crippen MR) is 217 cm³/mol. The van der Waals surface area contributed by atoms with Crippen LogP contribution in [-0.4, -0.2) is 52.3 Å². The third-order valence-electron chi connectivity index (χ3n) is 7.66. The van der Waals surface area contributed by atoms with Gasteiger partial charge in [0.15, 0.2) is 6.10 Å². The second-order valence-electron chi connectivity index (χ2n) is 12.7. The number of carbonyl (C=O) groups excluding carboxylic acids is 2. The maximum absolute atomic E-state index is 12.4. The molecule has 0 aromatic carbocycles. The van der Waals surface area contributed by atoms with E-state index in [1.165, 1.54) is 0 Å². The lowest BCUT2D eigenvalue weighted by molar-refractivity contribution is -0.161. The zero-order valence-corrected chi connectivity index (χ0v) is 33.4. The Morgan fingerprint density at radius 3 is 1.62 bits per heavy atom. The van der Waals surface area contributed by atoms with Crippen molar-refractivity contribution in [2.45, 2.75) is 148 Å². The fourth-order valence-electron chi connectivity index (χ4n) is 4.73. The summed E-state index contributed by atoms with van der Waals surface area (Å²) in [7, 11) is -4.79. The van der Waals surface area contributed by atoms with Gasteiger partial charge in [-0.2, -0.15) is 0 Å². The molecule has 0 aliphatic rings. The third kappa shape index (κ3) is 40.0. The first-order valence-corrected chi connectivity index (χ1v) is 21.2. The van der Waals surface area contributed by atoms with Gasteiger partial charge < -0.3 is 24.4 Å². The van der Waals surface area contributed by atoms with Gasteiger partial charge in [0.2, 0.25) is 0 Å². The molecule has 0 heterocycles. The molecule has 0 radical (unpaired) electrons. The summed E-state index contributed by atoms with van der Waals surface area (Å²) in [6, 6.07) is 0. The molecule has 0 aromatic rings. The highest BCUT2D eigenvalue weighted by Crippen LogP contribution is 2.36. The van der Waals surface area contributed by atoms with E-state index >= 15 is 0 Å². The quantitative estimate of drug-likeness (QED) is 0.0253. The molecule has 2 atom stereocenters. The van der Waals surface area contributed by atoms with Gasteiger partial charge in [0.1, 0.15) is 6.61 Å². The van der Waals surface area contributed by atoms with Crippen molar-refractivity contribution in [2.24, 2.45) is 0 Å². The second kappa shape index (κ2) is 37.3. The van der Waals surface area contributed by atoms with E-state index < -0.39 is 32.5 Å². The Hall–Kier alpha value is -3.07. The van der Waals surface area contributed by atoms with Gasteiger partial charge in [-0.3, -0.25) is 14.1 Å². The summed E-state index contributed by atoms with van der Waals surface area (Å²) in [6.07, 6.45) is 47.5. The average molecular weight is 761 g/mol. The number of carbonyl (C=O) groups is 2. The molecule has 53 heavy (non-hydrogen) atoms. The molecule has 0 spiro atoms. The molecule has 300 valence electrons. The summed E-state index contributed by atoms with van der Waals surface area (Å²) in [5, 5.41) is 9.78. The largest absolute Gasteiger partial charge is 0.469 e. The minimum Gasteiger partial charge on any atom is -0.462 e. The molecule has 0 unspecified atom stereocenters. The fraction of sp³-hybridized carbons (Fsp3) is 0.581. The van der Waals surface area contributed by atoms with Crippen LogP contribution in [0.5, 0.6) is 0 Å². The van der Waals surface area contributed by atoms with E-state index in [0.29, 0.717) is 19.3 Å². The van der Waals surface area contributed by atoms with Crippen LogP contribution >= 0.6 is 7.82 Å². The smallest absolute Gasteiger partial charge is 0.462 e. The zero-order valence-electron chi connectivity index (χ0n) is 32.5. The Morgan fingerprint density at radius 2 is 1.08 bits per heavy atom. The number of esters is 2. The topological polar surface area (TPSA) is 140 Å². The van der Waals surface area contributed by atoms with E-state index in [2.05, 4.69) is 91.3 Å². The Kier molecular flexibility index (Phi) is 35.1. The molecule has 0 aliphatic carbocycles. The molecule has 0 aromatic heterocycles. The van der Waals surface area contributed by atoms with Crippen LogP contribution < -0.4 is 0 Å². The molecule has 10 heteroatoms. The highest BCUT2D eigenvalue weighted by Gasteiger charge is 2.22. The van der Waals surface area contributed by atoms with Crippen molar-refractivity contribution in [3.05, 3.63) is 97.2 Å². The first-order valence-electron chi connectivity index (χ1n) is 19.6. The number of ether oxygens (including phenoxy) is 2. The highest BCUT2D eigenvalue weighted by atomic mass is 31.2. The van der Waals surface area contributed by atoms with E-state index in [9.17, 15) is 19.3 Å². The first-order chi connectivity index (χ1) is 25.7. The standard InChI is InChI=1S/C43H69O9P/c1-3-5-7-8-9-10-11-12-13-14-15-16-21-24-27-30-33-37-43(46)52-41(39-51-53(47,48)49)38-50-42(45)36-32-29-26-23-20-18-17-19-22-25-28-31-35-40(44)34-6-4-2/h5,7,9-10,12-13,15-18,22-23,25-26,31,35,40-41,44H,3-4,6,8,11,14,19-21,24,27-30,32-34,36-39H2,1-2H3,(H2,47,48,49)/b7-5-,10-9-,13-12-,16-15-,18-17-,25-22-,26-23-,35-31-/t40-,41+/m0/s1. The molecule has 0 saturated carbocycles. The van der Waals surface area contributed by atoms with Crippen LogP contribution in [0.1, 0.15) is 136 Å². The van der Waals surface area contributed by atoms with E-state index in [4.69, 9.17) is 19.3 Å². The van der Waals surface area contributed by atoms with Gasteiger partial charge in [0, 0.05) is 12.8 Å². The number of aliphatic hydroxyl groups is 1. The lowest BCUT2D eigenvalue weighted by atomic mass is 10.1. The Morgan fingerprint density at radius 1 is 0.585 bits per heavy atom. The summed E-state index contributed by atoms with van der Waals surface area (Å²) in [4.78, 5) is 42.7. The van der Waals surface area contributed by atoms with Crippen LogP contribution in [0.3, 0.4) is 0 Å². The summed E-state index contributed by atoms with van der Waals surface area (Å²) >= 11 is 0. The van der Waals surface area contributed by atoms with Gasteiger partial charge in [-0.05, 0) is 83.5 Å². The highest BCUT2D eigenvalue weighted by molar-refractivity contribution is 7.46. The van der Waals surface area contributed by atoms with Gasteiger partial charge in [-0.25, -0.2) is 4.57 Å². The van der Waals surface area contributed by atoms with Gasteiger partial charge in [0.05, 0.1) is 12.7 Å². The maximum Gasteiger partial charge on any atom is 0.469 e. The molecule has 0 saturated heterocycles. The fourth-order valence-corrected chi connectivity index (χ4v) is 5.09. The van der Waals surface area contributed by atoms with Gasteiger partial charge >= 0.3 is 19.8 Å². The third-order valence-corrected chi connectivity index (χ3v) is 8.14. The van der Waals surface area contributed by atoms with Gasteiger partial charge in [0.25, 0.3) is 0 Å². The summed E-state index contributed by atoms with van der Waals surface area (Å²) in [5.41, 5.74) is 0. The number of unbranched alkanes of at least 4 members (excludes halogenated alkanes) is 6. The number of aliphatic hydroxyl groups excluding tert-OH is 1. The zero-order chi connectivity index (χ0) is 39.1. The molecule has 0 aliphatic heterocycles. The van der Waals surface area contributed by atoms with Crippen molar-refractivity contribution in [3.8, 4) is 0 Å². The van der Waals surface area contributed by atoms with Gasteiger partial charge in [-0.1, -0.05) is 137 Å². The van der Waals surface area contributed by atoms with Crippen LogP contribution in [-0.2, 0) is 28.2 Å². The van der Waals surface area contributed by atoms with Crippen molar-refractivity contribution < 1.29 is 43.0 Å². The van der Waals surface area contributed by atoms with E-state index in [0.717, 1.165) is 89.9 Å². The Bertz CT molecular complexity index is 1190. The van der Waals surface area contributed by atoms with Gasteiger partial charge in [-0.15, -0.1) is 0 Å². The molecular formula is C43H69O9P. The van der Waals surface area contributed by atoms with Crippen LogP contribution in [0, 0.1) is 0 Å². The molecule has 3 N–H and O–H groups in total.